The van der Waals surface area contributed by atoms with Gasteiger partial charge < -0.3 is 24.8 Å². The first-order chi connectivity index (χ1) is 14.2. The summed E-state index contributed by atoms with van der Waals surface area (Å²) in [6, 6.07) is 7.52. The van der Waals surface area contributed by atoms with Gasteiger partial charge in [-0.25, -0.2) is 0 Å². The van der Waals surface area contributed by atoms with Crippen LogP contribution in [0.2, 0.25) is 0 Å². The van der Waals surface area contributed by atoms with Crippen LogP contribution >= 0.6 is 0 Å². The van der Waals surface area contributed by atoms with Crippen LogP contribution in [-0.4, -0.2) is 3.21 Å². The Hall–Kier alpha value is -0.747. The third-order valence-electron chi connectivity index (χ3n) is 7.01. The van der Waals surface area contributed by atoms with E-state index in [1.165, 1.54) is 28.7 Å². The quantitative estimate of drug-likeness (QED) is 0.465. The van der Waals surface area contributed by atoms with E-state index in [0.717, 1.165) is 6.42 Å². The van der Waals surface area contributed by atoms with Crippen LogP contribution in [0.25, 0.3) is 11.1 Å². The third kappa shape index (κ3) is 4.73. The fourth-order valence-electron chi connectivity index (χ4n) is 5.33. The number of hydrogen-bond donors (Lipinski definition) is 0. The summed E-state index contributed by atoms with van der Waals surface area (Å²) in [7, 11) is 0. The summed E-state index contributed by atoms with van der Waals surface area (Å²) in [5, 5.41) is 0. The first-order valence-electron chi connectivity index (χ1n) is 11.5. The second-order valence-electron chi connectivity index (χ2n) is 10.0. The summed E-state index contributed by atoms with van der Waals surface area (Å²) in [4.78, 5) is 0. The van der Waals surface area contributed by atoms with Crippen LogP contribution in [0, 0.1) is 13.8 Å². The maximum absolute atomic E-state index is 2.60. The minimum atomic E-state index is -2.03. The molecule has 170 valence electrons. The molecule has 2 aliphatic rings. The van der Waals surface area contributed by atoms with Crippen LogP contribution in [0.4, 0.5) is 0 Å². The number of benzene rings is 2. The first-order valence-corrected chi connectivity index (χ1v) is 15.2. The number of allylic oxidation sites excluding steroid dienone is 4. The maximum atomic E-state index is 2.60. The zero-order valence-corrected chi connectivity index (χ0v) is 24.8. The van der Waals surface area contributed by atoms with E-state index in [-0.39, 0.29) is 24.8 Å². The van der Waals surface area contributed by atoms with Gasteiger partial charge in [-0.15, -0.1) is 0 Å². The largest absolute Gasteiger partial charge is 1.00 e. The Morgan fingerprint density at radius 1 is 0.875 bits per heavy atom. The van der Waals surface area contributed by atoms with Crippen molar-refractivity contribution >= 4 is 6.48 Å². The summed E-state index contributed by atoms with van der Waals surface area (Å²) in [5.41, 5.74) is 12.4. The Balaban J connectivity index is 0.00000181. The van der Waals surface area contributed by atoms with Crippen molar-refractivity contribution in [2.45, 2.75) is 80.1 Å². The molecule has 0 radical (unpaired) electrons. The second kappa shape index (κ2) is 10.7. The Labute approximate surface area is 215 Å². The van der Waals surface area contributed by atoms with Crippen LogP contribution in [0.3, 0.4) is 0 Å². The van der Waals surface area contributed by atoms with Gasteiger partial charge in [-0.05, 0) is 0 Å². The number of halogens is 2. The van der Waals surface area contributed by atoms with Gasteiger partial charge in [0.15, 0.2) is 0 Å². The molecule has 0 nitrogen and oxygen atoms in total. The van der Waals surface area contributed by atoms with Crippen LogP contribution < -0.4 is 28.1 Å². The first kappa shape index (κ1) is 27.5. The van der Waals surface area contributed by atoms with Gasteiger partial charge in [-0.3, -0.25) is 0 Å². The van der Waals surface area contributed by atoms with Crippen molar-refractivity contribution in [2.75, 3.05) is 0 Å². The van der Waals surface area contributed by atoms with Crippen molar-refractivity contribution in [3.8, 4) is 11.1 Å². The molecule has 4 rings (SSSR count). The molecule has 0 fully saturated rings. The van der Waals surface area contributed by atoms with Gasteiger partial charge >= 0.3 is 192 Å². The third-order valence-corrected chi connectivity index (χ3v) is 14.8. The standard InChI is InChI=1S/C21H25.C5H5.C3H6.2ClH.Zr/c1-12(2)16-7-14(5)18-11-19-15(6)8-17(13(3)4)10-21(19)20(18)9-16;1-2-4-5-3-1;1-3-2;;;/h7,9-10,12-13H,11H2,1-6H3;1-3H,4H2;1-2H3;2*1H;/q;;;;;+2/p-2. The van der Waals surface area contributed by atoms with Gasteiger partial charge in [0.2, 0.25) is 0 Å². The number of rotatable bonds is 4. The molecular weight excluding hydrogens is 510 g/mol. The average Bonchev–Trinajstić information content (AvgIpc) is 3.31. The molecular formula is C29H36Cl2Zr. The van der Waals surface area contributed by atoms with Crippen LogP contribution in [-0.2, 0) is 27.7 Å². The van der Waals surface area contributed by atoms with E-state index in [2.05, 4.69) is 91.8 Å². The van der Waals surface area contributed by atoms with E-state index in [4.69, 9.17) is 0 Å². The minimum Gasteiger partial charge on any atom is -1.00 e. The Kier molecular flexibility index (Phi) is 9.17. The molecule has 0 bridgehead atoms. The van der Waals surface area contributed by atoms with Crippen LogP contribution in [0.1, 0.15) is 93.2 Å². The van der Waals surface area contributed by atoms with Gasteiger partial charge in [-0.1, -0.05) is 0 Å². The molecule has 0 N–H and O–H groups in total. The number of aryl methyl sites for hydroxylation is 1. The molecule has 0 aliphatic heterocycles. The molecule has 2 aromatic rings. The molecule has 0 atom stereocenters. The molecule has 0 saturated heterocycles. The van der Waals surface area contributed by atoms with Gasteiger partial charge in [0.25, 0.3) is 0 Å². The zero-order valence-electron chi connectivity index (χ0n) is 20.8. The summed E-state index contributed by atoms with van der Waals surface area (Å²) < 4.78 is 5.22. The summed E-state index contributed by atoms with van der Waals surface area (Å²) in [5.74, 6) is 1.13. The fourth-order valence-corrected chi connectivity index (χ4v) is 13.3. The second-order valence-corrected chi connectivity index (χ2v) is 17.2. The molecule has 0 amide bonds. The van der Waals surface area contributed by atoms with Gasteiger partial charge in [0, 0.05) is 0 Å². The normalized spacial score (nSPS) is 13.2. The van der Waals surface area contributed by atoms with Gasteiger partial charge in [0.05, 0.1) is 0 Å². The van der Waals surface area contributed by atoms with Crippen molar-refractivity contribution in [3.05, 3.63) is 73.1 Å². The van der Waals surface area contributed by atoms with E-state index >= 15 is 0 Å². The molecule has 3 heteroatoms. The molecule has 32 heavy (non-hydrogen) atoms. The monoisotopic (exact) mass is 544 g/mol. The predicted molar refractivity (Wildman–Crippen MR) is 130 cm³/mol. The molecule has 0 spiro atoms. The van der Waals surface area contributed by atoms with Crippen molar-refractivity contribution in [1.29, 1.82) is 0 Å². The van der Waals surface area contributed by atoms with Crippen molar-refractivity contribution < 1.29 is 46.1 Å². The zero-order chi connectivity index (χ0) is 21.7. The van der Waals surface area contributed by atoms with Crippen LogP contribution in [0.5, 0.6) is 0 Å². The predicted octanol–water partition coefficient (Wildman–Crippen LogP) is 1.43. The molecule has 0 saturated carbocycles. The smallest absolute Gasteiger partial charge is 1.00 e. The van der Waals surface area contributed by atoms with Crippen molar-refractivity contribution in [3.63, 3.8) is 0 Å². The molecule has 0 aromatic heterocycles. The molecule has 0 unspecified atom stereocenters. The van der Waals surface area contributed by atoms with E-state index in [1.54, 1.807) is 32.0 Å². The minimum absolute atomic E-state index is 0. The number of hydrogen-bond acceptors (Lipinski definition) is 0. The Bertz CT molecular complexity index is 1130. The van der Waals surface area contributed by atoms with E-state index < -0.39 is 21.3 Å². The van der Waals surface area contributed by atoms with E-state index in [0.29, 0.717) is 11.8 Å². The fraction of sp³-hybridized carbons (Fsp3) is 0.414. The summed E-state index contributed by atoms with van der Waals surface area (Å²) >= 11 is -2.03. The van der Waals surface area contributed by atoms with E-state index in [1.807, 2.05) is 0 Å². The van der Waals surface area contributed by atoms with Crippen LogP contribution in [0.15, 0.2) is 39.7 Å². The maximum Gasteiger partial charge on any atom is -1.00 e. The van der Waals surface area contributed by atoms with Gasteiger partial charge in [0.1, 0.15) is 0 Å². The average molecular weight is 547 g/mol. The van der Waals surface area contributed by atoms with E-state index in [9.17, 15) is 0 Å². The Morgan fingerprint density at radius 3 is 2.06 bits per heavy atom. The van der Waals surface area contributed by atoms with Crippen molar-refractivity contribution in [1.82, 2.24) is 0 Å². The van der Waals surface area contributed by atoms with Gasteiger partial charge in [-0.2, -0.15) is 0 Å². The Morgan fingerprint density at radius 2 is 1.53 bits per heavy atom. The van der Waals surface area contributed by atoms with Crippen molar-refractivity contribution in [2.24, 2.45) is 0 Å². The number of fused-ring (bicyclic) bond motifs is 3. The molecule has 2 aliphatic carbocycles. The summed E-state index contributed by atoms with van der Waals surface area (Å²) in [6.45, 7) is 19.0. The topological polar surface area (TPSA) is 0 Å². The molecule has 0 heterocycles. The SMILES string of the molecule is C[C](C)=[Zr+2]([C]1=CC=CC1)[c]1c(C(C)C)cc2c(c1C)Cc1c(C)cc(C(C)C)cc1-2.[Cl-].[Cl-]. The molecule has 2 aromatic carbocycles. The summed E-state index contributed by atoms with van der Waals surface area (Å²) in [6.07, 6.45) is 9.35.